The average molecular weight is 388 g/mol. The van der Waals surface area contributed by atoms with Gasteiger partial charge in [-0.1, -0.05) is 17.7 Å². The summed E-state index contributed by atoms with van der Waals surface area (Å²) in [6.45, 7) is 15.4. The first-order valence-corrected chi connectivity index (χ1v) is 10.3. The summed E-state index contributed by atoms with van der Waals surface area (Å²) in [4.78, 5) is 20.9. The summed E-state index contributed by atoms with van der Waals surface area (Å²) in [6, 6.07) is 4.70. The van der Waals surface area contributed by atoms with Gasteiger partial charge in [-0.2, -0.15) is 0 Å². The first kappa shape index (κ1) is 22.2. The largest absolute Gasteiger partial charge is 0.356 e. The molecular weight excluding hydrogens is 350 g/mol. The Morgan fingerprint density at radius 2 is 1.71 bits per heavy atom. The molecule has 0 radical (unpaired) electrons. The third kappa shape index (κ3) is 6.51. The first-order chi connectivity index (χ1) is 13.3. The highest BCUT2D eigenvalue weighted by Gasteiger charge is 2.21. The van der Waals surface area contributed by atoms with E-state index in [0.29, 0.717) is 6.54 Å². The Morgan fingerprint density at radius 3 is 2.25 bits per heavy atom. The molecule has 1 fully saturated rings. The number of guanidine groups is 1. The molecule has 0 atom stereocenters. The van der Waals surface area contributed by atoms with Crippen molar-refractivity contribution in [2.24, 2.45) is 4.99 Å². The number of aryl methyl sites for hydroxylation is 3. The van der Waals surface area contributed by atoms with Crippen LogP contribution in [0.5, 0.6) is 0 Å². The lowest BCUT2D eigenvalue weighted by atomic mass is 9.97. The van der Waals surface area contributed by atoms with E-state index in [4.69, 9.17) is 0 Å². The predicted molar refractivity (Wildman–Crippen MR) is 117 cm³/mol. The van der Waals surface area contributed by atoms with Gasteiger partial charge in [0, 0.05) is 45.8 Å². The van der Waals surface area contributed by atoms with Crippen molar-refractivity contribution in [1.82, 2.24) is 20.4 Å². The third-order valence-electron chi connectivity index (χ3n) is 5.20. The van der Waals surface area contributed by atoms with E-state index >= 15 is 0 Å². The SMILES string of the molecule is CN=C(NCCc1c(C)cc(C)cc1C)N1CCN(CC(=O)NC(C)C)CC1. The van der Waals surface area contributed by atoms with Crippen LogP contribution < -0.4 is 10.6 Å². The Labute approximate surface area is 170 Å². The standard InChI is InChI=1S/C22H37N5O/c1-16(2)25-21(28)15-26-9-11-27(12-10-26)22(23-6)24-8-7-20-18(4)13-17(3)14-19(20)5/h13-14,16H,7-12,15H2,1-6H3,(H,23,24)(H,25,28). The van der Waals surface area contributed by atoms with Crippen LogP contribution in [-0.4, -0.2) is 74.0 Å². The van der Waals surface area contributed by atoms with Crippen molar-refractivity contribution in [3.05, 3.63) is 34.4 Å². The number of carbonyl (C=O) groups excluding carboxylic acids is 1. The minimum Gasteiger partial charge on any atom is -0.356 e. The van der Waals surface area contributed by atoms with Crippen molar-refractivity contribution in [3.63, 3.8) is 0 Å². The molecule has 0 unspecified atom stereocenters. The normalized spacial score (nSPS) is 15.8. The van der Waals surface area contributed by atoms with Gasteiger partial charge in [0.05, 0.1) is 6.54 Å². The molecular formula is C22H37N5O. The molecule has 2 N–H and O–H groups in total. The Bertz CT molecular complexity index is 667. The Balaban J connectivity index is 1.80. The molecule has 0 aromatic heterocycles. The van der Waals surface area contributed by atoms with Crippen molar-refractivity contribution in [2.45, 2.75) is 47.1 Å². The molecule has 156 valence electrons. The van der Waals surface area contributed by atoms with Crippen LogP contribution in [0.4, 0.5) is 0 Å². The fourth-order valence-corrected chi connectivity index (χ4v) is 3.92. The molecule has 1 aliphatic rings. The molecule has 28 heavy (non-hydrogen) atoms. The fourth-order valence-electron chi connectivity index (χ4n) is 3.92. The quantitative estimate of drug-likeness (QED) is 0.578. The molecule has 1 aromatic rings. The topological polar surface area (TPSA) is 60.0 Å². The van der Waals surface area contributed by atoms with E-state index in [1.165, 1.54) is 22.3 Å². The van der Waals surface area contributed by atoms with Gasteiger partial charge in [0.1, 0.15) is 0 Å². The van der Waals surface area contributed by atoms with Crippen LogP contribution >= 0.6 is 0 Å². The van der Waals surface area contributed by atoms with Gasteiger partial charge in [-0.25, -0.2) is 0 Å². The van der Waals surface area contributed by atoms with Crippen molar-refractivity contribution < 1.29 is 4.79 Å². The van der Waals surface area contributed by atoms with Crippen molar-refractivity contribution in [1.29, 1.82) is 0 Å². The van der Waals surface area contributed by atoms with E-state index < -0.39 is 0 Å². The number of benzene rings is 1. The van der Waals surface area contributed by atoms with Crippen molar-refractivity contribution >= 4 is 11.9 Å². The number of hydrogen-bond acceptors (Lipinski definition) is 3. The number of aliphatic imine (C=N–C) groups is 1. The zero-order valence-electron chi connectivity index (χ0n) is 18.4. The molecule has 1 saturated heterocycles. The van der Waals surface area contributed by atoms with Crippen LogP contribution in [0, 0.1) is 20.8 Å². The van der Waals surface area contributed by atoms with Crippen LogP contribution in [0.25, 0.3) is 0 Å². The molecule has 1 aliphatic heterocycles. The minimum absolute atomic E-state index is 0.106. The van der Waals surface area contributed by atoms with E-state index in [1.807, 2.05) is 20.9 Å². The maximum Gasteiger partial charge on any atom is 0.234 e. The van der Waals surface area contributed by atoms with Gasteiger partial charge in [0.2, 0.25) is 5.91 Å². The molecule has 1 amide bonds. The van der Waals surface area contributed by atoms with Crippen molar-refractivity contribution in [3.8, 4) is 0 Å². The number of nitrogens with one attached hydrogen (secondary N) is 2. The van der Waals surface area contributed by atoms with E-state index in [-0.39, 0.29) is 11.9 Å². The van der Waals surface area contributed by atoms with Crippen LogP contribution in [0.3, 0.4) is 0 Å². The maximum atomic E-state index is 11.9. The molecule has 2 rings (SSSR count). The van der Waals surface area contributed by atoms with E-state index in [0.717, 1.165) is 45.1 Å². The highest BCUT2D eigenvalue weighted by atomic mass is 16.2. The molecule has 0 saturated carbocycles. The summed E-state index contributed by atoms with van der Waals surface area (Å²) in [6.07, 6.45) is 0.992. The number of carbonyl (C=O) groups is 1. The second kappa shape index (κ2) is 10.5. The molecule has 1 heterocycles. The second-order valence-corrected chi connectivity index (χ2v) is 8.09. The summed E-state index contributed by atoms with van der Waals surface area (Å²) >= 11 is 0. The second-order valence-electron chi connectivity index (χ2n) is 8.09. The van der Waals surface area contributed by atoms with Gasteiger partial charge in [-0.15, -0.1) is 0 Å². The zero-order valence-corrected chi connectivity index (χ0v) is 18.4. The first-order valence-electron chi connectivity index (χ1n) is 10.3. The third-order valence-corrected chi connectivity index (χ3v) is 5.20. The van der Waals surface area contributed by atoms with Gasteiger partial charge in [0.15, 0.2) is 5.96 Å². The van der Waals surface area contributed by atoms with Crippen LogP contribution in [0.15, 0.2) is 17.1 Å². The molecule has 1 aromatic carbocycles. The summed E-state index contributed by atoms with van der Waals surface area (Å²) < 4.78 is 0. The number of piperazine rings is 1. The highest BCUT2D eigenvalue weighted by Crippen LogP contribution is 2.16. The van der Waals surface area contributed by atoms with E-state index in [1.54, 1.807) is 0 Å². The van der Waals surface area contributed by atoms with Gasteiger partial charge in [-0.3, -0.25) is 14.7 Å². The van der Waals surface area contributed by atoms with Gasteiger partial charge < -0.3 is 15.5 Å². The number of nitrogens with zero attached hydrogens (tertiary/aromatic N) is 3. The molecule has 0 aliphatic carbocycles. The fraction of sp³-hybridized carbons (Fsp3) is 0.636. The van der Waals surface area contributed by atoms with Crippen LogP contribution in [-0.2, 0) is 11.2 Å². The number of amides is 1. The Hall–Kier alpha value is -2.08. The number of hydrogen-bond donors (Lipinski definition) is 2. The smallest absolute Gasteiger partial charge is 0.234 e. The zero-order chi connectivity index (χ0) is 20.7. The van der Waals surface area contributed by atoms with Crippen LogP contribution in [0.2, 0.25) is 0 Å². The Kier molecular flexibility index (Phi) is 8.30. The number of rotatable bonds is 6. The summed E-state index contributed by atoms with van der Waals surface area (Å²) in [5, 5.41) is 6.48. The Morgan fingerprint density at radius 1 is 1.11 bits per heavy atom. The maximum absolute atomic E-state index is 11.9. The summed E-state index contributed by atoms with van der Waals surface area (Å²) in [5.41, 5.74) is 5.47. The monoisotopic (exact) mass is 387 g/mol. The summed E-state index contributed by atoms with van der Waals surface area (Å²) in [5.74, 6) is 1.06. The predicted octanol–water partition coefficient (Wildman–Crippen LogP) is 1.87. The van der Waals surface area contributed by atoms with E-state index in [2.05, 4.69) is 58.3 Å². The van der Waals surface area contributed by atoms with Gasteiger partial charge in [0.25, 0.3) is 0 Å². The molecule has 6 nitrogen and oxygen atoms in total. The van der Waals surface area contributed by atoms with Crippen LogP contribution in [0.1, 0.15) is 36.1 Å². The lowest BCUT2D eigenvalue weighted by molar-refractivity contribution is -0.123. The highest BCUT2D eigenvalue weighted by molar-refractivity contribution is 5.80. The molecule has 0 spiro atoms. The van der Waals surface area contributed by atoms with E-state index in [9.17, 15) is 4.79 Å². The average Bonchev–Trinajstić information content (AvgIpc) is 2.60. The lowest BCUT2D eigenvalue weighted by Gasteiger charge is -2.36. The van der Waals surface area contributed by atoms with Crippen molar-refractivity contribution in [2.75, 3.05) is 46.3 Å². The van der Waals surface area contributed by atoms with Gasteiger partial charge >= 0.3 is 0 Å². The van der Waals surface area contributed by atoms with Gasteiger partial charge in [-0.05, 0) is 57.7 Å². The summed E-state index contributed by atoms with van der Waals surface area (Å²) in [7, 11) is 1.84. The molecule has 6 heteroatoms. The molecule has 0 bridgehead atoms. The lowest BCUT2D eigenvalue weighted by Crippen LogP contribution is -2.54. The minimum atomic E-state index is 0.106.